The van der Waals surface area contributed by atoms with Gasteiger partial charge in [0.25, 0.3) is 0 Å². The summed E-state index contributed by atoms with van der Waals surface area (Å²) < 4.78 is 5.42. The Bertz CT molecular complexity index is 501. The molecule has 0 saturated carbocycles. The summed E-state index contributed by atoms with van der Waals surface area (Å²) in [6.45, 7) is 6.70. The zero-order valence-corrected chi connectivity index (χ0v) is 15.0. The van der Waals surface area contributed by atoms with Gasteiger partial charge in [-0.2, -0.15) is 0 Å². The van der Waals surface area contributed by atoms with Crippen molar-refractivity contribution in [1.82, 2.24) is 5.32 Å². The van der Waals surface area contributed by atoms with Crippen molar-refractivity contribution in [3.63, 3.8) is 0 Å². The Balaban J connectivity index is 2.42. The molecule has 1 aromatic carbocycles. The molecule has 5 heteroatoms. The van der Waals surface area contributed by atoms with E-state index in [0.29, 0.717) is 31.7 Å². The molecule has 0 saturated heterocycles. The van der Waals surface area contributed by atoms with Crippen LogP contribution < -0.4 is 11.1 Å². The predicted octanol–water partition coefficient (Wildman–Crippen LogP) is 2.43. The molecule has 2 atom stereocenters. The van der Waals surface area contributed by atoms with Crippen LogP contribution >= 0.6 is 0 Å². The molecule has 0 aliphatic heterocycles. The quantitative estimate of drug-likeness (QED) is 0.480. The molecule has 0 spiro atoms. The van der Waals surface area contributed by atoms with E-state index in [2.05, 4.69) is 19.2 Å². The average Bonchev–Trinajstić information content (AvgIpc) is 2.55. The first-order chi connectivity index (χ1) is 11.4. The summed E-state index contributed by atoms with van der Waals surface area (Å²) in [7, 11) is 0. The molecule has 0 bridgehead atoms. The van der Waals surface area contributed by atoms with E-state index in [1.54, 1.807) is 6.92 Å². The van der Waals surface area contributed by atoms with Crippen molar-refractivity contribution in [3.8, 4) is 0 Å². The molecule has 24 heavy (non-hydrogen) atoms. The molecule has 0 amide bonds. The van der Waals surface area contributed by atoms with E-state index in [1.165, 1.54) is 0 Å². The first kappa shape index (κ1) is 20.3. The standard InChI is InChI=1S/C19H30N2O3/c1-14(2)12-17(21-11-7-10-18(22)15(3)20)19(23)24-13-16-8-5-4-6-9-16/h4-6,8-9,14-15,17,21H,7,10-13,20H2,1-3H3/t15-,17-/m0/s1. The second-order valence-corrected chi connectivity index (χ2v) is 6.59. The maximum Gasteiger partial charge on any atom is 0.323 e. The topological polar surface area (TPSA) is 81.4 Å². The van der Waals surface area contributed by atoms with Gasteiger partial charge in [0.05, 0.1) is 6.04 Å². The Morgan fingerprint density at radius 3 is 2.42 bits per heavy atom. The van der Waals surface area contributed by atoms with E-state index in [1.807, 2.05) is 30.3 Å². The summed E-state index contributed by atoms with van der Waals surface area (Å²) in [4.78, 5) is 23.8. The van der Waals surface area contributed by atoms with Crippen molar-refractivity contribution in [1.29, 1.82) is 0 Å². The number of nitrogens with two attached hydrogens (primary N) is 1. The minimum atomic E-state index is -0.424. The molecule has 5 nitrogen and oxygen atoms in total. The van der Waals surface area contributed by atoms with Gasteiger partial charge in [0.15, 0.2) is 0 Å². The van der Waals surface area contributed by atoms with E-state index < -0.39 is 6.04 Å². The highest BCUT2D eigenvalue weighted by atomic mass is 16.5. The maximum atomic E-state index is 12.3. The number of ketones is 1. The summed E-state index contributed by atoms with van der Waals surface area (Å²) in [5.74, 6) is 0.174. The minimum absolute atomic E-state index is 0.0452. The highest BCUT2D eigenvalue weighted by molar-refractivity contribution is 5.83. The molecule has 134 valence electrons. The molecule has 0 aromatic heterocycles. The van der Waals surface area contributed by atoms with Gasteiger partial charge in [-0.15, -0.1) is 0 Å². The van der Waals surface area contributed by atoms with Crippen molar-refractivity contribution in [2.24, 2.45) is 11.7 Å². The zero-order chi connectivity index (χ0) is 17.9. The minimum Gasteiger partial charge on any atom is -0.460 e. The molecule has 0 aliphatic carbocycles. The number of carbonyl (C=O) groups excluding carboxylic acids is 2. The smallest absolute Gasteiger partial charge is 0.323 e. The van der Waals surface area contributed by atoms with E-state index in [0.717, 1.165) is 5.56 Å². The first-order valence-electron chi connectivity index (χ1n) is 8.62. The highest BCUT2D eigenvalue weighted by Gasteiger charge is 2.21. The summed E-state index contributed by atoms with van der Waals surface area (Å²) in [6.07, 6.45) is 1.80. The first-order valence-corrected chi connectivity index (χ1v) is 8.62. The van der Waals surface area contributed by atoms with Crippen molar-refractivity contribution in [2.75, 3.05) is 6.54 Å². The molecule has 0 unspecified atom stereocenters. The largest absolute Gasteiger partial charge is 0.460 e. The van der Waals surface area contributed by atoms with Crippen LogP contribution in [0.2, 0.25) is 0 Å². The number of ether oxygens (including phenoxy) is 1. The molecule has 3 N–H and O–H groups in total. The number of hydrogen-bond donors (Lipinski definition) is 2. The Labute approximate surface area is 145 Å². The third-order valence-electron chi connectivity index (χ3n) is 3.71. The summed E-state index contributed by atoms with van der Waals surface area (Å²) in [5, 5.41) is 3.21. The third kappa shape index (κ3) is 8.22. The van der Waals surface area contributed by atoms with E-state index in [9.17, 15) is 9.59 Å². The molecule has 0 fully saturated rings. The summed E-state index contributed by atoms with van der Waals surface area (Å²) in [6, 6.07) is 8.85. The van der Waals surface area contributed by atoms with Crippen molar-refractivity contribution < 1.29 is 14.3 Å². The van der Waals surface area contributed by atoms with Crippen molar-refractivity contribution in [2.45, 2.75) is 58.7 Å². The lowest BCUT2D eigenvalue weighted by atomic mass is 10.0. The highest BCUT2D eigenvalue weighted by Crippen LogP contribution is 2.09. The molecule has 1 rings (SSSR count). The summed E-state index contributed by atoms with van der Waals surface area (Å²) >= 11 is 0. The fourth-order valence-electron chi connectivity index (χ4n) is 2.33. The van der Waals surface area contributed by atoms with Gasteiger partial charge in [0.1, 0.15) is 18.4 Å². The van der Waals surface area contributed by atoms with E-state index >= 15 is 0 Å². The maximum absolute atomic E-state index is 12.3. The molecule has 0 radical (unpaired) electrons. The van der Waals surface area contributed by atoms with Gasteiger partial charge in [-0.05, 0) is 37.8 Å². The number of carbonyl (C=O) groups is 2. The monoisotopic (exact) mass is 334 g/mol. The van der Waals surface area contributed by atoms with E-state index in [-0.39, 0.29) is 24.4 Å². The molecule has 0 heterocycles. The van der Waals surface area contributed by atoms with Gasteiger partial charge in [0.2, 0.25) is 0 Å². The van der Waals surface area contributed by atoms with Crippen LogP contribution in [0.15, 0.2) is 30.3 Å². The Kier molecular flexibility index (Phi) is 9.27. The van der Waals surface area contributed by atoms with Gasteiger partial charge < -0.3 is 15.8 Å². The van der Waals surface area contributed by atoms with Gasteiger partial charge >= 0.3 is 5.97 Å². The van der Waals surface area contributed by atoms with Gasteiger partial charge in [0, 0.05) is 6.42 Å². The molecule has 0 aliphatic rings. The van der Waals surface area contributed by atoms with Gasteiger partial charge in [-0.3, -0.25) is 9.59 Å². The normalized spacial score (nSPS) is 13.5. The van der Waals surface area contributed by atoms with Crippen molar-refractivity contribution in [3.05, 3.63) is 35.9 Å². The molecule has 1 aromatic rings. The Morgan fingerprint density at radius 1 is 1.17 bits per heavy atom. The van der Waals surface area contributed by atoms with Crippen LogP contribution in [0.4, 0.5) is 0 Å². The van der Waals surface area contributed by atoms with Crippen molar-refractivity contribution >= 4 is 11.8 Å². The Hall–Kier alpha value is -1.72. The third-order valence-corrected chi connectivity index (χ3v) is 3.71. The second kappa shape index (κ2) is 10.9. The average molecular weight is 334 g/mol. The van der Waals surface area contributed by atoms with Gasteiger partial charge in [-0.25, -0.2) is 0 Å². The number of esters is 1. The summed E-state index contributed by atoms with van der Waals surface area (Å²) in [5.41, 5.74) is 6.51. The van der Waals surface area contributed by atoms with Crippen LogP contribution in [0.25, 0.3) is 0 Å². The van der Waals surface area contributed by atoms with Crippen LogP contribution in [0.5, 0.6) is 0 Å². The van der Waals surface area contributed by atoms with Gasteiger partial charge in [-0.1, -0.05) is 44.2 Å². The number of nitrogens with one attached hydrogen (secondary N) is 1. The zero-order valence-electron chi connectivity index (χ0n) is 15.0. The SMILES string of the molecule is CC(C)C[C@H](NCCCC(=O)[C@H](C)N)C(=O)OCc1ccccc1. The number of Topliss-reactive ketones (excluding diaryl/α,β-unsaturated/α-hetero) is 1. The second-order valence-electron chi connectivity index (χ2n) is 6.59. The van der Waals surface area contributed by atoms with Crippen LogP contribution in [-0.2, 0) is 20.9 Å². The molecular weight excluding hydrogens is 304 g/mol. The predicted molar refractivity (Wildman–Crippen MR) is 95.4 cm³/mol. The number of rotatable bonds is 11. The number of benzene rings is 1. The van der Waals surface area contributed by atoms with Crippen LogP contribution in [0.1, 0.15) is 45.6 Å². The van der Waals surface area contributed by atoms with Crippen LogP contribution in [0.3, 0.4) is 0 Å². The lowest BCUT2D eigenvalue weighted by Crippen LogP contribution is -2.40. The fraction of sp³-hybridized carbons (Fsp3) is 0.579. The van der Waals surface area contributed by atoms with Crippen LogP contribution in [0, 0.1) is 5.92 Å². The fourth-order valence-corrected chi connectivity index (χ4v) is 2.33. The number of hydrogen-bond acceptors (Lipinski definition) is 5. The lowest BCUT2D eigenvalue weighted by molar-refractivity contribution is -0.148. The van der Waals surface area contributed by atoms with Crippen LogP contribution in [-0.4, -0.2) is 30.4 Å². The lowest BCUT2D eigenvalue weighted by Gasteiger charge is -2.19. The van der Waals surface area contributed by atoms with E-state index in [4.69, 9.17) is 10.5 Å². The molecular formula is C19H30N2O3. The Morgan fingerprint density at radius 2 is 1.83 bits per heavy atom.